The summed E-state index contributed by atoms with van der Waals surface area (Å²) in [5, 5.41) is 0. The lowest BCUT2D eigenvalue weighted by atomic mass is 10.2. The maximum Gasteiger partial charge on any atom is 0.184 e. The fourth-order valence-corrected chi connectivity index (χ4v) is 2.27. The molecule has 0 N–H and O–H groups in total. The van der Waals surface area contributed by atoms with Gasteiger partial charge in [-0.2, -0.15) is 0 Å². The van der Waals surface area contributed by atoms with Crippen LogP contribution in [0.1, 0.15) is 12.7 Å². The van der Waals surface area contributed by atoms with Gasteiger partial charge in [0.2, 0.25) is 0 Å². The minimum Gasteiger partial charge on any atom is -0.324 e. The van der Waals surface area contributed by atoms with Crippen LogP contribution >= 0.6 is 11.6 Å². The normalized spacial score (nSPS) is 13.3. The monoisotopic (exact) mass is 301 g/mol. The van der Waals surface area contributed by atoms with Gasteiger partial charge >= 0.3 is 0 Å². The maximum atomic E-state index is 14.1. The van der Waals surface area contributed by atoms with Crippen LogP contribution in [-0.4, -0.2) is 40.5 Å². The number of alkyl halides is 1. The average molecular weight is 302 g/mol. The highest BCUT2D eigenvalue weighted by molar-refractivity contribution is 6.17. The van der Waals surface area contributed by atoms with Crippen LogP contribution in [0.5, 0.6) is 0 Å². The van der Waals surface area contributed by atoms with Gasteiger partial charge in [0.1, 0.15) is 11.3 Å². The molecular weight excluding hydrogens is 284 g/mol. The molecule has 1 aromatic heterocycles. The molecule has 6 heteroatoms. The Bertz CT molecular complexity index is 610. The first-order chi connectivity index (χ1) is 9.45. The molecule has 1 unspecified atom stereocenters. The highest BCUT2D eigenvalue weighted by Crippen LogP contribution is 2.23. The standard InChI is InChI=1S/C14H18ClF2N3/c1-9(19(2)3)8-20-12(6-7-15)18-11-5-4-10(16)13(17)14(11)20/h4-5,9H,6-8H2,1-3H3. The second-order valence-electron chi connectivity index (χ2n) is 5.12. The fraction of sp³-hybridized carbons (Fsp3) is 0.500. The molecule has 0 radical (unpaired) electrons. The summed E-state index contributed by atoms with van der Waals surface area (Å²) in [5.41, 5.74) is 0.689. The molecule has 0 fully saturated rings. The van der Waals surface area contributed by atoms with Gasteiger partial charge in [0, 0.05) is 24.9 Å². The zero-order valence-corrected chi connectivity index (χ0v) is 12.6. The van der Waals surface area contributed by atoms with E-state index in [1.807, 2.05) is 25.9 Å². The predicted octanol–water partition coefficient (Wildman–Crippen LogP) is 3.05. The van der Waals surface area contributed by atoms with Crippen LogP contribution < -0.4 is 0 Å². The van der Waals surface area contributed by atoms with E-state index in [1.165, 1.54) is 6.07 Å². The summed E-state index contributed by atoms with van der Waals surface area (Å²) < 4.78 is 29.3. The van der Waals surface area contributed by atoms with Gasteiger partial charge in [-0.3, -0.25) is 0 Å². The van der Waals surface area contributed by atoms with Crippen LogP contribution in [0.2, 0.25) is 0 Å². The molecule has 0 bridgehead atoms. The molecule has 0 saturated carbocycles. The highest BCUT2D eigenvalue weighted by atomic mass is 35.5. The third kappa shape index (κ3) is 2.79. The second-order valence-corrected chi connectivity index (χ2v) is 5.50. The van der Waals surface area contributed by atoms with E-state index in [-0.39, 0.29) is 11.6 Å². The van der Waals surface area contributed by atoms with Crippen LogP contribution in [0.25, 0.3) is 11.0 Å². The van der Waals surface area contributed by atoms with Crippen molar-refractivity contribution < 1.29 is 8.78 Å². The van der Waals surface area contributed by atoms with Crippen LogP contribution in [0.3, 0.4) is 0 Å². The molecule has 3 nitrogen and oxygen atoms in total. The van der Waals surface area contributed by atoms with E-state index in [1.54, 1.807) is 4.57 Å². The van der Waals surface area contributed by atoms with Gasteiger partial charge in [-0.1, -0.05) is 0 Å². The molecule has 0 aliphatic rings. The van der Waals surface area contributed by atoms with Gasteiger partial charge in [-0.05, 0) is 33.2 Å². The van der Waals surface area contributed by atoms with E-state index < -0.39 is 11.6 Å². The maximum absolute atomic E-state index is 14.1. The van der Waals surface area contributed by atoms with Crippen molar-refractivity contribution >= 4 is 22.6 Å². The van der Waals surface area contributed by atoms with E-state index in [4.69, 9.17) is 11.6 Å². The van der Waals surface area contributed by atoms with E-state index in [0.29, 0.717) is 30.2 Å². The van der Waals surface area contributed by atoms with Crippen molar-refractivity contribution in [3.05, 3.63) is 29.6 Å². The highest BCUT2D eigenvalue weighted by Gasteiger charge is 2.19. The van der Waals surface area contributed by atoms with Gasteiger partial charge in [0.25, 0.3) is 0 Å². The number of fused-ring (bicyclic) bond motifs is 1. The van der Waals surface area contributed by atoms with Crippen LogP contribution in [0.15, 0.2) is 12.1 Å². The van der Waals surface area contributed by atoms with Crippen molar-refractivity contribution in [1.82, 2.24) is 14.5 Å². The number of aromatic nitrogens is 2. The zero-order chi connectivity index (χ0) is 14.9. The number of imidazole rings is 1. The van der Waals surface area contributed by atoms with Gasteiger partial charge in [-0.25, -0.2) is 13.8 Å². The Labute approximate surface area is 122 Å². The molecule has 1 atom stereocenters. The number of hydrogen-bond donors (Lipinski definition) is 0. The smallest absolute Gasteiger partial charge is 0.184 e. The Morgan fingerprint density at radius 1 is 1.35 bits per heavy atom. The van der Waals surface area contributed by atoms with Crippen molar-refractivity contribution in [2.24, 2.45) is 0 Å². The zero-order valence-electron chi connectivity index (χ0n) is 11.8. The fourth-order valence-electron chi connectivity index (χ4n) is 2.10. The molecule has 20 heavy (non-hydrogen) atoms. The molecule has 110 valence electrons. The average Bonchev–Trinajstić information content (AvgIpc) is 2.73. The van der Waals surface area contributed by atoms with Gasteiger partial charge < -0.3 is 9.47 Å². The quantitative estimate of drug-likeness (QED) is 0.792. The minimum atomic E-state index is -0.853. The molecule has 0 spiro atoms. The van der Waals surface area contributed by atoms with Crippen LogP contribution in [0, 0.1) is 11.6 Å². The summed E-state index contributed by atoms with van der Waals surface area (Å²) in [6, 6.07) is 2.78. The summed E-state index contributed by atoms with van der Waals surface area (Å²) in [6.07, 6.45) is 0.525. The van der Waals surface area contributed by atoms with E-state index >= 15 is 0 Å². The molecular formula is C14H18ClF2N3. The van der Waals surface area contributed by atoms with Gasteiger partial charge in [0.15, 0.2) is 11.6 Å². The molecule has 0 amide bonds. The summed E-state index contributed by atoms with van der Waals surface area (Å²) in [4.78, 5) is 6.39. The first-order valence-electron chi connectivity index (χ1n) is 6.51. The topological polar surface area (TPSA) is 21.1 Å². The predicted molar refractivity (Wildman–Crippen MR) is 77.2 cm³/mol. The first-order valence-corrected chi connectivity index (χ1v) is 7.04. The molecule has 0 saturated heterocycles. The third-order valence-corrected chi connectivity index (χ3v) is 3.71. The Balaban J connectivity index is 2.57. The second kappa shape index (κ2) is 6.06. The number of hydrogen-bond acceptors (Lipinski definition) is 2. The van der Waals surface area contributed by atoms with E-state index in [9.17, 15) is 8.78 Å². The first kappa shape index (κ1) is 15.2. The van der Waals surface area contributed by atoms with Gasteiger partial charge in [-0.15, -0.1) is 11.6 Å². The molecule has 1 heterocycles. The molecule has 0 aliphatic carbocycles. The van der Waals surface area contributed by atoms with Crippen molar-refractivity contribution in [3.8, 4) is 0 Å². The van der Waals surface area contributed by atoms with Crippen molar-refractivity contribution in [2.75, 3.05) is 20.0 Å². The Kier molecular flexibility index (Phi) is 4.60. The molecule has 2 rings (SSSR count). The third-order valence-electron chi connectivity index (χ3n) is 3.53. The van der Waals surface area contributed by atoms with Crippen LogP contribution in [-0.2, 0) is 13.0 Å². The molecule has 2 aromatic rings. The molecule has 0 aliphatic heterocycles. The lowest BCUT2D eigenvalue weighted by Crippen LogP contribution is -2.30. The molecule has 1 aromatic carbocycles. The van der Waals surface area contributed by atoms with E-state index in [0.717, 1.165) is 6.07 Å². The SMILES string of the molecule is CC(Cn1c(CCCl)nc2ccc(F)c(F)c21)N(C)C. The summed E-state index contributed by atoms with van der Waals surface area (Å²) in [6.45, 7) is 2.56. The lowest BCUT2D eigenvalue weighted by molar-refractivity contribution is 0.283. The number of benzene rings is 1. The van der Waals surface area contributed by atoms with Gasteiger partial charge in [0.05, 0.1) is 5.52 Å². The van der Waals surface area contributed by atoms with Crippen molar-refractivity contribution in [3.63, 3.8) is 0 Å². The van der Waals surface area contributed by atoms with E-state index in [2.05, 4.69) is 4.98 Å². The lowest BCUT2D eigenvalue weighted by Gasteiger charge is -2.21. The summed E-state index contributed by atoms with van der Waals surface area (Å²) in [7, 11) is 3.89. The van der Waals surface area contributed by atoms with Crippen molar-refractivity contribution in [2.45, 2.75) is 25.9 Å². The number of likely N-dealkylation sites (N-methyl/N-ethyl adjacent to an activating group) is 1. The van der Waals surface area contributed by atoms with Crippen LogP contribution in [0.4, 0.5) is 8.78 Å². The number of aryl methyl sites for hydroxylation is 1. The Morgan fingerprint density at radius 3 is 2.65 bits per heavy atom. The van der Waals surface area contributed by atoms with Crippen molar-refractivity contribution in [1.29, 1.82) is 0 Å². The number of rotatable bonds is 5. The Hall–Kier alpha value is -1.20. The summed E-state index contributed by atoms with van der Waals surface area (Å²) in [5.74, 6) is -0.618. The largest absolute Gasteiger partial charge is 0.324 e. The number of halogens is 3. The minimum absolute atomic E-state index is 0.171. The Morgan fingerprint density at radius 2 is 2.05 bits per heavy atom. The summed E-state index contributed by atoms with van der Waals surface area (Å²) >= 11 is 5.77. The number of nitrogens with zero attached hydrogens (tertiary/aromatic N) is 3.